The topological polar surface area (TPSA) is 56.4 Å². The van der Waals surface area contributed by atoms with Crippen LogP contribution in [0.3, 0.4) is 0 Å². The predicted molar refractivity (Wildman–Crippen MR) is 128 cm³/mol. The molecule has 1 unspecified atom stereocenters. The van der Waals surface area contributed by atoms with Crippen molar-refractivity contribution >= 4 is 65.4 Å². The Balaban J connectivity index is 0.00000131. The second kappa shape index (κ2) is 9.49. The van der Waals surface area contributed by atoms with Crippen LogP contribution in [0.4, 0.5) is 11.4 Å². The van der Waals surface area contributed by atoms with E-state index in [-0.39, 0.29) is 42.2 Å². The Morgan fingerprint density at radius 3 is 2.48 bits per heavy atom. The minimum absolute atomic E-state index is 0. The Morgan fingerprint density at radius 2 is 1.78 bits per heavy atom. The minimum atomic E-state index is 0. The number of amidine groups is 1. The molecule has 4 nitrogen and oxygen atoms in total. The van der Waals surface area contributed by atoms with Gasteiger partial charge in [-0.1, -0.05) is 30.0 Å². The van der Waals surface area contributed by atoms with Crippen molar-refractivity contribution < 1.29 is 0 Å². The van der Waals surface area contributed by atoms with Gasteiger partial charge in [0.25, 0.3) is 0 Å². The van der Waals surface area contributed by atoms with E-state index in [4.69, 9.17) is 11.1 Å². The average molecular weight is 517 g/mol. The third kappa shape index (κ3) is 4.55. The number of para-hydroxylation sites is 1. The number of benzene rings is 2. The first-order chi connectivity index (χ1) is 12.1. The Labute approximate surface area is 188 Å². The monoisotopic (exact) mass is 516 g/mol. The molecule has 2 aromatic rings. The van der Waals surface area contributed by atoms with Crippen molar-refractivity contribution in [3.8, 4) is 0 Å². The van der Waals surface area contributed by atoms with Crippen molar-refractivity contribution in [3.63, 3.8) is 0 Å². The van der Waals surface area contributed by atoms with Gasteiger partial charge in [0.15, 0.2) is 0 Å². The predicted octanol–water partition coefficient (Wildman–Crippen LogP) is 5.10. The summed E-state index contributed by atoms with van der Waals surface area (Å²) in [7, 11) is 0. The maximum absolute atomic E-state index is 7.80. The highest BCUT2D eigenvalue weighted by Gasteiger charge is 2.29. The average Bonchev–Trinajstić information content (AvgIpc) is 3.11. The molecular formula is C20H26ClIN4S. The van der Waals surface area contributed by atoms with Crippen LogP contribution in [0.2, 0.25) is 0 Å². The summed E-state index contributed by atoms with van der Waals surface area (Å²) in [5.74, 6) is 0.124. The first kappa shape index (κ1) is 22.3. The van der Waals surface area contributed by atoms with Crippen molar-refractivity contribution in [1.82, 2.24) is 4.90 Å². The number of nitrogen functional groups attached to an aromatic ring is 1. The summed E-state index contributed by atoms with van der Waals surface area (Å²) in [6, 6.07) is 15.1. The van der Waals surface area contributed by atoms with Crippen molar-refractivity contribution in [1.29, 1.82) is 5.41 Å². The Hall–Kier alpha value is -0.960. The standard InChI is InChI=1S/C20H24N4S.ClH.HI/c1-14(13-23-10-4-5-11-23)24-16-6-2-3-7-18(16)25-19-9-8-15(20(21)22)12-17(19)24;;/h2-3,6-9,12,14H,4-5,10-11,13H2,1H3,(H3,21,22);2*1H. The largest absolute Gasteiger partial charge is 0.384 e. The first-order valence-corrected chi connectivity index (χ1v) is 9.72. The van der Waals surface area contributed by atoms with Crippen LogP contribution in [0.1, 0.15) is 25.3 Å². The molecule has 7 heteroatoms. The number of hydrogen-bond acceptors (Lipinski definition) is 4. The van der Waals surface area contributed by atoms with E-state index in [2.05, 4.69) is 53.1 Å². The number of nitrogens with two attached hydrogens (primary N) is 1. The molecule has 2 heterocycles. The van der Waals surface area contributed by atoms with E-state index in [1.807, 2.05) is 6.07 Å². The van der Waals surface area contributed by atoms with Gasteiger partial charge in [-0.3, -0.25) is 5.41 Å². The van der Waals surface area contributed by atoms with Gasteiger partial charge in [0.2, 0.25) is 0 Å². The van der Waals surface area contributed by atoms with E-state index >= 15 is 0 Å². The molecule has 1 saturated heterocycles. The van der Waals surface area contributed by atoms with E-state index in [9.17, 15) is 0 Å². The van der Waals surface area contributed by atoms with Crippen LogP contribution in [0.15, 0.2) is 52.3 Å². The summed E-state index contributed by atoms with van der Waals surface area (Å²) in [6.45, 7) is 5.77. The molecule has 1 fully saturated rings. The molecule has 0 radical (unpaired) electrons. The molecule has 146 valence electrons. The maximum atomic E-state index is 7.80. The molecule has 0 amide bonds. The molecule has 0 spiro atoms. The Morgan fingerprint density at radius 1 is 1.11 bits per heavy atom. The van der Waals surface area contributed by atoms with E-state index in [1.54, 1.807) is 11.8 Å². The molecule has 3 N–H and O–H groups in total. The maximum Gasteiger partial charge on any atom is 0.122 e. The lowest BCUT2D eigenvalue weighted by Gasteiger charge is -2.39. The number of nitrogens with one attached hydrogen (secondary N) is 1. The van der Waals surface area contributed by atoms with Gasteiger partial charge in [-0.05, 0) is 57.1 Å². The SMILES string of the molecule is CC(CN1CCCC1)N1c2ccccc2Sc2ccc(C(=N)N)cc21.Cl.I. The van der Waals surface area contributed by atoms with Crippen molar-refractivity contribution in [2.75, 3.05) is 24.5 Å². The van der Waals surface area contributed by atoms with E-state index in [1.165, 1.54) is 47.1 Å². The summed E-state index contributed by atoms with van der Waals surface area (Å²) < 4.78 is 0. The third-order valence-corrected chi connectivity index (χ3v) is 6.17. The number of hydrogen-bond donors (Lipinski definition) is 2. The highest BCUT2D eigenvalue weighted by atomic mass is 127. The lowest BCUT2D eigenvalue weighted by molar-refractivity contribution is 0.319. The van der Waals surface area contributed by atoms with Crippen LogP contribution in [0, 0.1) is 5.41 Å². The smallest absolute Gasteiger partial charge is 0.122 e. The lowest BCUT2D eigenvalue weighted by Crippen LogP contribution is -2.40. The summed E-state index contributed by atoms with van der Waals surface area (Å²) in [6.07, 6.45) is 2.62. The van der Waals surface area contributed by atoms with Crippen LogP contribution >= 0.6 is 48.1 Å². The third-order valence-electron chi connectivity index (χ3n) is 5.04. The van der Waals surface area contributed by atoms with Crippen LogP contribution in [0.25, 0.3) is 0 Å². The van der Waals surface area contributed by atoms with Crippen molar-refractivity contribution in [3.05, 3.63) is 48.0 Å². The second-order valence-electron chi connectivity index (χ2n) is 6.89. The fourth-order valence-electron chi connectivity index (χ4n) is 3.85. The highest BCUT2D eigenvalue weighted by Crippen LogP contribution is 2.49. The molecule has 2 aliphatic heterocycles. The summed E-state index contributed by atoms with van der Waals surface area (Å²) in [4.78, 5) is 7.52. The van der Waals surface area contributed by atoms with E-state index < -0.39 is 0 Å². The van der Waals surface area contributed by atoms with Crippen LogP contribution < -0.4 is 10.6 Å². The summed E-state index contributed by atoms with van der Waals surface area (Å²) in [5.41, 5.74) is 8.96. The summed E-state index contributed by atoms with van der Waals surface area (Å²) >= 11 is 1.80. The normalized spacial score (nSPS) is 16.6. The zero-order valence-electron chi connectivity index (χ0n) is 15.4. The van der Waals surface area contributed by atoms with Gasteiger partial charge in [-0.2, -0.15) is 0 Å². The molecule has 0 saturated carbocycles. The number of nitrogens with zero attached hydrogens (tertiary/aromatic N) is 2. The van der Waals surface area contributed by atoms with Gasteiger partial charge in [0, 0.05) is 27.9 Å². The highest BCUT2D eigenvalue weighted by molar-refractivity contribution is 14.0. The molecule has 0 bridgehead atoms. The molecule has 4 rings (SSSR count). The molecule has 1 atom stereocenters. The summed E-state index contributed by atoms with van der Waals surface area (Å²) in [5, 5.41) is 7.80. The molecule has 2 aromatic carbocycles. The van der Waals surface area contributed by atoms with E-state index in [0.717, 1.165) is 12.1 Å². The van der Waals surface area contributed by atoms with Crippen LogP contribution in [0.5, 0.6) is 0 Å². The Kier molecular flexibility index (Phi) is 7.85. The Bertz CT molecular complexity index is 810. The van der Waals surface area contributed by atoms with Gasteiger partial charge in [0.05, 0.1) is 11.4 Å². The fourth-order valence-corrected chi connectivity index (χ4v) is 4.90. The van der Waals surface area contributed by atoms with Gasteiger partial charge in [-0.15, -0.1) is 36.4 Å². The molecule has 2 aliphatic rings. The number of anilines is 2. The van der Waals surface area contributed by atoms with Gasteiger partial charge in [0.1, 0.15) is 5.84 Å². The van der Waals surface area contributed by atoms with Crippen LogP contribution in [-0.4, -0.2) is 36.4 Å². The molecule has 27 heavy (non-hydrogen) atoms. The van der Waals surface area contributed by atoms with Crippen molar-refractivity contribution in [2.24, 2.45) is 5.73 Å². The number of halogens is 2. The molecule has 0 aromatic heterocycles. The van der Waals surface area contributed by atoms with E-state index in [0.29, 0.717) is 6.04 Å². The zero-order valence-corrected chi connectivity index (χ0v) is 19.3. The minimum Gasteiger partial charge on any atom is -0.384 e. The van der Waals surface area contributed by atoms with Crippen molar-refractivity contribution in [2.45, 2.75) is 35.6 Å². The molecular weight excluding hydrogens is 491 g/mol. The second-order valence-corrected chi connectivity index (χ2v) is 7.98. The van der Waals surface area contributed by atoms with Gasteiger partial charge < -0.3 is 15.5 Å². The number of fused-ring (bicyclic) bond motifs is 2. The first-order valence-electron chi connectivity index (χ1n) is 8.90. The fraction of sp³-hybridized carbons (Fsp3) is 0.350. The quantitative estimate of drug-likeness (QED) is 0.337. The van der Waals surface area contributed by atoms with Gasteiger partial charge >= 0.3 is 0 Å². The number of rotatable bonds is 4. The zero-order chi connectivity index (χ0) is 17.4. The van der Waals surface area contributed by atoms with Gasteiger partial charge in [-0.25, -0.2) is 0 Å². The number of likely N-dealkylation sites (tertiary alicyclic amines) is 1. The molecule has 0 aliphatic carbocycles. The van der Waals surface area contributed by atoms with Crippen LogP contribution in [-0.2, 0) is 0 Å². The lowest BCUT2D eigenvalue weighted by atomic mass is 10.1.